The van der Waals surface area contributed by atoms with E-state index in [-0.39, 0.29) is 22.6 Å². The smallest absolute Gasteiger partial charge is 0.332 e. The van der Waals surface area contributed by atoms with Gasteiger partial charge in [-0.25, -0.2) is 4.79 Å². The molecule has 2 heterocycles. The van der Waals surface area contributed by atoms with Gasteiger partial charge in [0, 0.05) is 19.7 Å². The summed E-state index contributed by atoms with van der Waals surface area (Å²) in [7, 11) is 4.46. The van der Waals surface area contributed by atoms with Crippen molar-refractivity contribution in [2.75, 3.05) is 7.11 Å². The van der Waals surface area contributed by atoms with Crippen LogP contribution in [0.1, 0.15) is 10.4 Å². The van der Waals surface area contributed by atoms with Crippen LogP contribution in [0.3, 0.4) is 0 Å². The van der Waals surface area contributed by atoms with E-state index in [0.29, 0.717) is 17.0 Å². The van der Waals surface area contributed by atoms with E-state index < -0.39 is 11.2 Å². The number of H-pyrrole nitrogens is 1. The van der Waals surface area contributed by atoms with Crippen molar-refractivity contribution in [2.45, 2.75) is 6.54 Å². The van der Waals surface area contributed by atoms with Crippen LogP contribution in [-0.2, 0) is 20.6 Å². The van der Waals surface area contributed by atoms with Gasteiger partial charge in [-0.2, -0.15) is 0 Å². The highest BCUT2D eigenvalue weighted by Gasteiger charge is 2.17. The third kappa shape index (κ3) is 2.72. The van der Waals surface area contributed by atoms with Crippen molar-refractivity contribution in [3.05, 3.63) is 55.4 Å². The maximum absolute atomic E-state index is 12.6. The number of imidazole rings is 1. The zero-order valence-corrected chi connectivity index (χ0v) is 14.7. The number of ether oxygens (including phenoxy) is 1. The number of aromatic amines is 1. The molecule has 0 aliphatic heterocycles. The van der Waals surface area contributed by atoms with Crippen LogP contribution in [-0.4, -0.2) is 31.6 Å². The Morgan fingerprint density at radius 2 is 1.80 bits per heavy atom. The second-order valence-electron chi connectivity index (χ2n) is 5.57. The normalized spacial score (nSPS) is 11.0. The van der Waals surface area contributed by atoms with Gasteiger partial charge in [0.2, 0.25) is 0 Å². The van der Waals surface area contributed by atoms with Crippen LogP contribution in [0, 0.1) is 4.77 Å². The number of methoxy groups -OCH3 is 1. The fraction of sp³-hybridized carbons (Fsp3) is 0.250. The summed E-state index contributed by atoms with van der Waals surface area (Å²) in [6.07, 6.45) is 0. The highest BCUT2D eigenvalue weighted by Crippen LogP contribution is 2.14. The molecule has 8 nitrogen and oxygen atoms in total. The van der Waals surface area contributed by atoms with Gasteiger partial charge in [0.05, 0.1) is 13.7 Å². The molecule has 2 aromatic heterocycles. The van der Waals surface area contributed by atoms with Gasteiger partial charge in [-0.05, 0) is 36.5 Å². The van der Waals surface area contributed by atoms with Crippen LogP contribution in [0.5, 0.6) is 5.75 Å². The average Bonchev–Trinajstić information content (AvgIpc) is 2.94. The van der Waals surface area contributed by atoms with Gasteiger partial charge in [0.25, 0.3) is 5.56 Å². The van der Waals surface area contributed by atoms with E-state index in [1.54, 1.807) is 31.4 Å². The number of hydrogen-bond donors (Lipinski definition) is 1. The third-order valence-corrected chi connectivity index (χ3v) is 4.42. The molecule has 0 saturated carbocycles. The van der Waals surface area contributed by atoms with Gasteiger partial charge in [-0.1, -0.05) is 0 Å². The zero-order chi connectivity index (χ0) is 18.3. The maximum Gasteiger partial charge on any atom is 0.332 e. The summed E-state index contributed by atoms with van der Waals surface area (Å²) in [5.41, 5.74) is -0.0221. The number of nitrogens with zero attached hydrogens (tertiary/aromatic N) is 3. The van der Waals surface area contributed by atoms with Crippen LogP contribution in [0.25, 0.3) is 11.2 Å². The minimum Gasteiger partial charge on any atom is -0.497 e. The number of aromatic nitrogens is 4. The molecule has 0 saturated heterocycles. The Bertz CT molecular complexity index is 1150. The van der Waals surface area contributed by atoms with Gasteiger partial charge in [-0.15, -0.1) is 0 Å². The number of aryl methyl sites for hydroxylation is 1. The van der Waals surface area contributed by atoms with Crippen LogP contribution < -0.4 is 16.0 Å². The summed E-state index contributed by atoms with van der Waals surface area (Å²) in [5.74, 6) is 0.430. The molecule has 0 radical (unpaired) electrons. The zero-order valence-electron chi connectivity index (χ0n) is 13.9. The summed E-state index contributed by atoms with van der Waals surface area (Å²) in [5, 5.41) is 0. The molecule has 130 valence electrons. The first kappa shape index (κ1) is 16.9. The number of hydrogen-bond acceptors (Lipinski definition) is 5. The monoisotopic (exact) mass is 360 g/mol. The van der Waals surface area contributed by atoms with Gasteiger partial charge < -0.3 is 14.3 Å². The van der Waals surface area contributed by atoms with E-state index >= 15 is 0 Å². The Hall–Kier alpha value is -2.94. The lowest BCUT2D eigenvalue weighted by Gasteiger charge is -2.07. The van der Waals surface area contributed by atoms with E-state index in [1.807, 2.05) is 0 Å². The quantitative estimate of drug-likeness (QED) is 0.553. The minimum absolute atomic E-state index is 0.112. The van der Waals surface area contributed by atoms with Crippen molar-refractivity contribution in [1.82, 2.24) is 18.7 Å². The Labute approximate surface area is 146 Å². The molecule has 0 spiro atoms. The lowest BCUT2D eigenvalue weighted by Crippen LogP contribution is -2.37. The third-order valence-electron chi connectivity index (χ3n) is 4.09. The highest BCUT2D eigenvalue weighted by molar-refractivity contribution is 7.71. The van der Waals surface area contributed by atoms with E-state index in [4.69, 9.17) is 17.0 Å². The molecule has 0 bridgehead atoms. The lowest BCUT2D eigenvalue weighted by molar-refractivity contribution is 0.0973. The Morgan fingerprint density at radius 3 is 2.40 bits per heavy atom. The number of fused-ring (bicyclic) bond motifs is 1. The van der Waals surface area contributed by atoms with Crippen molar-refractivity contribution in [3.63, 3.8) is 0 Å². The molecule has 1 N–H and O–H groups in total. The van der Waals surface area contributed by atoms with Crippen molar-refractivity contribution in [2.24, 2.45) is 14.1 Å². The molecule has 0 unspecified atom stereocenters. The summed E-state index contributed by atoms with van der Waals surface area (Å²) >= 11 is 5.24. The number of rotatable bonds is 4. The number of ketones is 1. The predicted molar refractivity (Wildman–Crippen MR) is 94.9 cm³/mol. The molecule has 3 rings (SSSR count). The molecule has 1 aromatic carbocycles. The molecule has 0 atom stereocenters. The van der Waals surface area contributed by atoms with Crippen LogP contribution in [0.2, 0.25) is 0 Å². The van der Waals surface area contributed by atoms with Crippen molar-refractivity contribution in [1.29, 1.82) is 0 Å². The first-order valence-corrected chi connectivity index (χ1v) is 7.81. The number of carbonyl (C=O) groups is 1. The Balaban J connectivity index is 2.11. The fourth-order valence-electron chi connectivity index (χ4n) is 2.65. The predicted octanol–water partition coefficient (Wildman–Crippen LogP) is 0.988. The minimum atomic E-state index is -0.506. The molecule has 25 heavy (non-hydrogen) atoms. The van der Waals surface area contributed by atoms with E-state index in [9.17, 15) is 14.4 Å². The highest BCUT2D eigenvalue weighted by atomic mass is 32.1. The van der Waals surface area contributed by atoms with Crippen LogP contribution in [0.15, 0.2) is 33.9 Å². The molecule has 0 fully saturated rings. The fourth-order valence-corrected chi connectivity index (χ4v) is 2.90. The molecular formula is C16H16N4O4S. The van der Waals surface area contributed by atoms with Crippen molar-refractivity contribution < 1.29 is 9.53 Å². The maximum atomic E-state index is 12.6. The standard InChI is InChI=1S/C16H16N4O4S/c1-18-13-12(14(22)19(2)16(18)23)20(15(25)17-13)8-11(21)9-4-6-10(24-3)7-5-9/h4-7H,8H2,1-3H3,(H,17,25). The molecule has 0 aliphatic rings. The van der Waals surface area contributed by atoms with E-state index in [2.05, 4.69) is 4.98 Å². The number of benzene rings is 1. The molecule has 0 amide bonds. The molecule has 9 heteroatoms. The van der Waals surface area contributed by atoms with Gasteiger partial charge in [-0.3, -0.25) is 18.7 Å². The first-order valence-electron chi connectivity index (χ1n) is 7.41. The van der Waals surface area contributed by atoms with E-state index in [0.717, 1.165) is 4.57 Å². The van der Waals surface area contributed by atoms with Crippen molar-refractivity contribution >= 4 is 29.2 Å². The van der Waals surface area contributed by atoms with Gasteiger partial charge in [0.15, 0.2) is 16.1 Å². The number of nitrogens with one attached hydrogen (secondary N) is 1. The molecule has 0 aliphatic carbocycles. The number of Topliss-reactive ketones (excluding diaryl/α,β-unsaturated/α-hetero) is 1. The van der Waals surface area contributed by atoms with E-state index in [1.165, 1.54) is 23.2 Å². The molecule has 3 aromatic rings. The van der Waals surface area contributed by atoms with Crippen molar-refractivity contribution in [3.8, 4) is 5.75 Å². The Kier molecular flexibility index (Phi) is 4.17. The average molecular weight is 360 g/mol. The second kappa shape index (κ2) is 6.17. The van der Waals surface area contributed by atoms with Crippen LogP contribution >= 0.6 is 12.2 Å². The summed E-state index contributed by atoms with van der Waals surface area (Å²) in [6.45, 7) is -0.112. The lowest BCUT2D eigenvalue weighted by atomic mass is 10.1. The summed E-state index contributed by atoms with van der Waals surface area (Å²) in [4.78, 5) is 39.9. The Morgan fingerprint density at radius 1 is 1.16 bits per heavy atom. The van der Waals surface area contributed by atoms with Gasteiger partial charge >= 0.3 is 5.69 Å². The first-order chi connectivity index (χ1) is 11.8. The van der Waals surface area contributed by atoms with Gasteiger partial charge in [0.1, 0.15) is 11.4 Å². The summed E-state index contributed by atoms with van der Waals surface area (Å²) in [6, 6.07) is 6.66. The topological polar surface area (TPSA) is 91.0 Å². The SMILES string of the molecule is COc1ccc(C(=O)Cn2c(=S)[nH]c3c2c(=O)n(C)c(=O)n3C)cc1. The largest absolute Gasteiger partial charge is 0.497 e. The summed E-state index contributed by atoms with van der Waals surface area (Å²) < 4.78 is 8.97. The van der Waals surface area contributed by atoms with Crippen LogP contribution in [0.4, 0.5) is 0 Å². The number of carbonyl (C=O) groups excluding carboxylic acids is 1. The second-order valence-corrected chi connectivity index (χ2v) is 5.96. The molecular weight excluding hydrogens is 344 g/mol.